The number of para-hydroxylation sites is 1. The van der Waals surface area contributed by atoms with Crippen molar-refractivity contribution in [2.45, 2.75) is 57.9 Å². The van der Waals surface area contributed by atoms with Gasteiger partial charge in [-0.1, -0.05) is 32.0 Å². The van der Waals surface area contributed by atoms with Gasteiger partial charge in [0.05, 0.1) is 6.04 Å². The lowest BCUT2D eigenvalue weighted by molar-refractivity contribution is -0.119. The molecule has 1 atom stereocenters. The van der Waals surface area contributed by atoms with Gasteiger partial charge in [-0.05, 0) is 48.6 Å². The highest BCUT2D eigenvalue weighted by atomic mass is 16.1. The molecule has 1 aliphatic carbocycles. The molecule has 21 heavy (non-hydrogen) atoms. The molecular weight excluding hydrogens is 260 g/mol. The summed E-state index contributed by atoms with van der Waals surface area (Å²) in [5, 5.41) is 6.47. The van der Waals surface area contributed by atoms with Crippen LogP contribution in [0.25, 0.3) is 0 Å². The van der Waals surface area contributed by atoms with Crippen molar-refractivity contribution >= 4 is 11.6 Å². The van der Waals surface area contributed by atoms with Crippen LogP contribution in [0.5, 0.6) is 0 Å². The van der Waals surface area contributed by atoms with E-state index < -0.39 is 0 Å². The fourth-order valence-corrected chi connectivity index (χ4v) is 3.62. The second kappa shape index (κ2) is 5.70. The third kappa shape index (κ3) is 3.39. The lowest BCUT2D eigenvalue weighted by atomic mass is 9.71. The van der Waals surface area contributed by atoms with Crippen LogP contribution in [0.4, 0.5) is 5.69 Å². The van der Waals surface area contributed by atoms with E-state index in [9.17, 15) is 4.79 Å². The first kappa shape index (κ1) is 14.4. The SMILES string of the molecule is CC1(C)CCC(c2ccccc2NC2CNC(=O)C2)CC1. The van der Waals surface area contributed by atoms with E-state index in [-0.39, 0.29) is 11.9 Å². The molecule has 0 bridgehead atoms. The maximum absolute atomic E-state index is 11.4. The summed E-state index contributed by atoms with van der Waals surface area (Å²) in [6.45, 7) is 5.50. The average molecular weight is 286 g/mol. The summed E-state index contributed by atoms with van der Waals surface area (Å²) in [4.78, 5) is 11.4. The van der Waals surface area contributed by atoms with Gasteiger partial charge in [0.15, 0.2) is 0 Å². The molecule has 3 heteroatoms. The number of benzene rings is 1. The third-order valence-corrected chi connectivity index (χ3v) is 5.08. The minimum absolute atomic E-state index is 0.157. The Balaban J connectivity index is 1.72. The molecular formula is C18H26N2O. The van der Waals surface area contributed by atoms with Crippen molar-refractivity contribution < 1.29 is 4.79 Å². The quantitative estimate of drug-likeness (QED) is 0.890. The van der Waals surface area contributed by atoms with Crippen molar-refractivity contribution in [1.29, 1.82) is 0 Å². The van der Waals surface area contributed by atoms with E-state index in [1.807, 2.05) is 0 Å². The predicted molar refractivity (Wildman–Crippen MR) is 86.5 cm³/mol. The standard InChI is InChI=1S/C18H26N2O/c1-18(2)9-7-13(8-10-18)15-5-3-4-6-16(15)20-14-11-17(21)19-12-14/h3-6,13-14,20H,7-12H2,1-2H3,(H,19,21). The zero-order valence-corrected chi connectivity index (χ0v) is 13.1. The largest absolute Gasteiger partial charge is 0.380 e. The molecule has 1 heterocycles. The van der Waals surface area contributed by atoms with Crippen LogP contribution in [-0.2, 0) is 4.79 Å². The monoisotopic (exact) mass is 286 g/mol. The Morgan fingerprint density at radius 1 is 1.19 bits per heavy atom. The Morgan fingerprint density at radius 3 is 2.57 bits per heavy atom. The van der Waals surface area contributed by atoms with E-state index in [4.69, 9.17) is 0 Å². The fourth-order valence-electron chi connectivity index (χ4n) is 3.62. The maximum atomic E-state index is 11.4. The van der Waals surface area contributed by atoms with E-state index >= 15 is 0 Å². The smallest absolute Gasteiger partial charge is 0.222 e. The van der Waals surface area contributed by atoms with Crippen LogP contribution in [0.2, 0.25) is 0 Å². The van der Waals surface area contributed by atoms with Crippen LogP contribution in [0.1, 0.15) is 57.4 Å². The second-order valence-corrected chi connectivity index (χ2v) is 7.38. The van der Waals surface area contributed by atoms with Crippen molar-refractivity contribution in [3.05, 3.63) is 29.8 Å². The van der Waals surface area contributed by atoms with Crippen LogP contribution in [-0.4, -0.2) is 18.5 Å². The number of carbonyl (C=O) groups is 1. The highest BCUT2D eigenvalue weighted by Gasteiger charge is 2.29. The number of carbonyl (C=O) groups excluding carboxylic acids is 1. The molecule has 2 aliphatic rings. The van der Waals surface area contributed by atoms with Gasteiger partial charge < -0.3 is 10.6 Å². The van der Waals surface area contributed by atoms with Crippen LogP contribution in [0.3, 0.4) is 0 Å². The van der Waals surface area contributed by atoms with E-state index in [0.29, 0.717) is 17.8 Å². The maximum Gasteiger partial charge on any atom is 0.222 e. The van der Waals surface area contributed by atoms with Gasteiger partial charge in [-0.2, -0.15) is 0 Å². The van der Waals surface area contributed by atoms with E-state index in [2.05, 4.69) is 48.7 Å². The van der Waals surface area contributed by atoms with Gasteiger partial charge in [0.2, 0.25) is 5.91 Å². The van der Waals surface area contributed by atoms with Gasteiger partial charge in [0.25, 0.3) is 0 Å². The number of rotatable bonds is 3. The number of hydrogen-bond donors (Lipinski definition) is 2. The molecule has 1 saturated carbocycles. The molecule has 1 saturated heterocycles. The van der Waals surface area contributed by atoms with Crippen molar-refractivity contribution in [2.75, 3.05) is 11.9 Å². The Labute approximate surface area is 127 Å². The summed E-state index contributed by atoms with van der Waals surface area (Å²) >= 11 is 0. The molecule has 0 spiro atoms. The first-order valence-corrected chi connectivity index (χ1v) is 8.16. The highest BCUT2D eigenvalue weighted by Crippen LogP contribution is 2.44. The molecule has 0 radical (unpaired) electrons. The third-order valence-electron chi connectivity index (χ3n) is 5.08. The highest BCUT2D eigenvalue weighted by molar-refractivity contribution is 5.79. The van der Waals surface area contributed by atoms with Gasteiger partial charge in [0, 0.05) is 18.7 Å². The minimum atomic E-state index is 0.157. The van der Waals surface area contributed by atoms with Crippen molar-refractivity contribution in [2.24, 2.45) is 5.41 Å². The minimum Gasteiger partial charge on any atom is -0.380 e. The van der Waals surface area contributed by atoms with Crippen LogP contribution in [0, 0.1) is 5.41 Å². The Kier molecular flexibility index (Phi) is 3.92. The molecule has 3 rings (SSSR count). The molecule has 114 valence electrons. The second-order valence-electron chi connectivity index (χ2n) is 7.38. The molecule has 1 amide bonds. The molecule has 1 aliphatic heterocycles. The van der Waals surface area contributed by atoms with Gasteiger partial charge >= 0.3 is 0 Å². The first-order valence-electron chi connectivity index (χ1n) is 8.16. The lowest BCUT2D eigenvalue weighted by Gasteiger charge is -2.35. The number of hydrogen-bond acceptors (Lipinski definition) is 2. The summed E-state index contributed by atoms with van der Waals surface area (Å²) in [5.74, 6) is 0.816. The topological polar surface area (TPSA) is 41.1 Å². The molecule has 2 fully saturated rings. The van der Waals surface area contributed by atoms with E-state index in [1.165, 1.54) is 36.9 Å². The van der Waals surface area contributed by atoms with Crippen molar-refractivity contribution in [3.63, 3.8) is 0 Å². The van der Waals surface area contributed by atoms with Gasteiger partial charge in [-0.3, -0.25) is 4.79 Å². The van der Waals surface area contributed by atoms with Gasteiger partial charge in [-0.15, -0.1) is 0 Å². The van der Waals surface area contributed by atoms with E-state index in [1.54, 1.807) is 0 Å². The summed E-state index contributed by atoms with van der Waals surface area (Å²) in [5.41, 5.74) is 3.16. The lowest BCUT2D eigenvalue weighted by Crippen LogP contribution is -2.24. The van der Waals surface area contributed by atoms with Gasteiger partial charge in [-0.25, -0.2) is 0 Å². The summed E-state index contributed by atoms with van der Waals surface area (Å²) in [6.07, 6.45) is 5.73. The summed E-state index contributed by atoms with van der Waals surface area (Å²) in [6, 6.07) is 8.88. The molecule has 3 nitrogen and oxygen atoms in total. The zero-order valence-electron chi connectivity index (χ0n) is 13.1. The normalized spacial score (nSPS) is 25.6. The molecule has 1 aromatic carbocycles. The zero-order chi connectivity index (χ0) is 14.9. The summed E-state index contributed by atoms with van der Waals surface area (Å²) < 4.78 is 0. The average Bonchev–Trinajstić information content (AvgIpc) is 2.85. The van der Waals surface area contributed by atoms with Crippen LogP contribution < -0.4 is 10.6 Å². The Hall–Kier alpha value is -1.51. The molecule has 1 aromatic rings. The number of nitrogens with one attached hydrogen (secondary N) is 2. The molecule has 1 unspecified atom stereocenters. The van der Waals surface area contributed by atoms with Crippen molar-refractivity contribution in [1.82, 2.24) is 5.32 Å². The predicted octanol–water partition coefficient (Wildman–Crippen LogP) is 3.67. The molecule has 0 aromatic heterocycles. The number of amides is 1. The van der Waals surface area contributed by atoms with Crippen LogP contribution >= 0.6 is 0 Å². The van der Waals surface area contributed by atoms with E-state index in [0.717, 1.165) is 6.54 Å². The summed E-state index contributed by atoms with van der Waals surface area (Å²) in [7, 11) is 0. The number of anilines is 1. The first-order chi connectivity index (χ1) is 10.0. The Morgan fingerprint density at radius 2 is 1.90 bits per heavy atom. The fraction of sp³-hybridized carbons (Fsp3) is 0.611. The van der Waals surface area contributed by atoms with Gasteiger partial charge in [0.1, 0.15) is 0 Å². The Bertz CT molecular complexity index is 514. The molecule has 2 N–H and O–H groups in total. The van der Waals surface area contributed by atoms with Crippen LogP contribution in [0.15, 0.2) is 24.3 Å². The van der Waals surface area contributed by atoms with Crippen molar-refractivity contribution in [3.8, 4) is 0 Å².